The van der Waals surface area contributed by atoms with Crippen LogP contribution in [0, 0.1) is 6.92 Å². The third kappa shape index (κ3) is 4.82. The van der Waals surface area contributed by atoms with Gasteiger partial charge in [-0.15, -0.1) is 0 Å². The zero-order valence-electron chi connectivity index (χ0n) is 19.5. The number of carbonyl (C=O) groups is 3. The van der Waals surface area contributed by atoms with Crippen molar-refractivity contribution < 1.29 is 23.9 Å². The number of aryl methyl sites for hydroxylation is 1. The summed E-state index contributed by atoms with van der Waals surface area (Å²) in [7, 11) is 0. The Bertz CT molecular complexity index is 1230. The van der Waals surface area contributed by atoms with E-state index in [1.165, 1.54) is 0 Å². The summed E-state index contributed by atoms with van der Waals surface area (Å²) in [5, 5.41) is 2.81. The largest absolute Gasteiger partial charge is 0.483 e. The van der Waals surface area contributed by atoms with Crippen LogP contribution in [0.5, 0.6) is 5.75 Å². The summed E-state index contributed by atoms with van der Waals surface area (Å²) >= 11 is 3.56. The first kappa shape index (κ1) is 23.5. The predicted octanol–water partition coefficient (Wildman–Crippen LogP) is 5.90. The zero-order valence-corrected chi connectivity index (χ0v) is 21.1. The number of hydrogen-bond donors (Lipinski definition) is 1. The Balaban J connectivity index is 1.37. The van der Waals surface area contributed by atoms with E-state index in [9.17, 15) is 14.4 Å². The van der Waals surface area contributed by atoms with E-state index in [-0.39, 0.29) is 24.1 Å². The van der Waals surface area contributed by atoms with Crippen molar-refractivity contribution in [1.29, 1.82) is 0 Å². The van der Waals surface area contributed by atoms with E-state index in [1.54, 1.807) is 6.07 Å². The third-order valence-electron chi connectivity index (χ3n) is 6.62. The summed E-state index contributed by atoms with van der Waals surface area (Å²) in [4.78, 5) is 38.2. The van der Waals surface area contributed by atoms with Crippen molar-refractivity contribution in [3.8, 4) is 5.75 Å². The Labute approximate surface area is 212 Å². The highest BCUT2D eigenvalue weighted by atomic mass is 79.9. The highest BCUT2D eigenvalue weighted by molar-refractivity contribution is 9.10. The molecule has 180 valence electrons. The van der Waals surface area contributed by atoms with Gasteiger partial charge in [0.15, 0.2) is 18.2 Å². The number of hydrogen-bond acceptors (Lipinski definition) is 5. The summed E-state index contributed by atoms with van der Waals surface area (Å²) in [6.07, 6.45) is 3.88. The fraction of sp³-hybridized carbons (Fsp3) is 0.321. The van der Waals surface area contributed by atoms with Crippen LogP contribution in [0.4, 0.5) is 5.69 Å². The van der Waals surface area contributed by atoms with E-state index in [0.29, 0.717) is 64.3 Å². The Morgan fingerprint density at radius 3 is 2.20 bits per heavy atom. The van der Waals surface area contributed by atoms with Gasteiger partial charge in [0.2, 0.25) is 0 Å². The number of anilines is 1. The second kappa shape index (κ2) is 9.82. The molecule has 0 fully saturated rings. The number of nitrogens with one attached hydrogen (secondary N) is 1. The molecule has 2 aliphatic carbocycles. The number of rotatable bonds is 5. The lowest BCUT2D eigenvalue weighted by atomic mass is 9.73. The number of halogens is 1. The van der Waals surface area contributed by atoms with Gasteiger partial charge >= 0.3 is 0 Å². The standard InChI is InChI=1S/C28H26BrNO5/c1-16-8-11-18(12-9-16)30-25(33)15-34-22-13-10-17(14-19(22)29)26-27-20(31)4-2-6-23(27)35-24-7-3-5-21(32)28(24)26/h8-14,26H,2-7,15H2,1H3,(H,30,33). The Morgan fingerprint density at radius 1 is 0.971 bits per heavy atom. The molecule has 0 atom stereocenters. The second-order valence-corrected chi connectivity index (χ2v) is 10.0. The lowest BCUT2D eigenvalue weighted by Gasteiger charge is -2.36. The van der Waals surface area contributed by atoms with Crippen LogP contribution in [0.1, 0.15) is 55.6 Å². The summed E-state index contributed by atoms with van der Waals surface area (Å²) in [5.74, 6) is 1.33. The number of ether oxygens (including phenoxy) is 2. The van der Waals surface area contributed by atoms with Crippen molar-refractivity contribution in [3.05, 3.63) is 80.7 Å². The van der Waals surface area contributed by atoms with Crippen LogP contribution in [0.2, 0.25) is 0 Å². The highest BCUT2D eigenvalue weighted by Crippen LogP contribution is 2.48. The van der Waals surface area contributed by atoms with E-state index >= 15 is 0 Å². The Hall–Kier alpha value is -3.19. The van der Waals surface area contributed by atoms with Crippen molar-refractivity contribution in [2.24, 2.45) is 0 Å². The first-order valence-corrected chi connectivity index (χ1v) is 12.7. The zero-order chi connectivity index (χ0) is 24.5. The molecule has 0 spiro atoms. The maximum absolute atomic E-state index is 12.9. The number of ketones is 2. The lowest BCUT2D eigenvalue weighted by Crippen LogP contribution is -2.30. The van der Waals surface area contributed by atoms with Gasteiger partial charge in [-0.05, 0) is 65.5 Å². The minimum Gasteiger partial charge on any atom is -0.483 e. The molecule has 35 heavy (non-hydrogen) atoms. The van der Waals surface area contributed by atoms with Crippen molar-refractivity contribution in [2.45, 2.75) is 51.4 Å². The van der Waals surface area contributed by atoms with Gasteiger partial charge in [-0.2, -0.15) is 0 Å². The minimum atomic E-state index is -0.426. The predicted molar refractivity (Wildman–Crippen MR) is 135 cm³/mol. The van der Waals surface area contributed by atoms with Gasteiger partial charge in [0.1, 0.15) is 17.3 Å². The fourth-order valence-corrected chi connectivity index (χ4v) is 5.45. The van der Waals surface area contributed by atoms with Gasteiger partial charge in [-0.25, -0.2) is 0 Å². The third-order valence-corrected chi connectivity index (χ3v) is 7.24. The molecule has 2 aromatic rings. The maximum Gasteiger partial charge on any atom is 0.262 e. The summed E-state index contributed by atoms with van der Waals surface area (Å²) in [6, 6.07) is 13.1. The molecule has 0 unspecified atom stereocenters. The van der Waals surface area contributed by atoms with Crippen LogP contribution in [0.3, 0.4) is 0 Å². The van der Waals surface area contributed by atoms with Crippen molar-refractivity contribution in [1.82, 2.24) is 0 Å². The molecule has 1 aliphatic heterocycles. The molecule has 0 aromatic heterocycles. The van der Waals surface area contributed by atoms with Crippen molar-refractivity contribution >= 4 is 39.1 Å². The average molecular weight is 536 g/mol. The van der Waals surface area contributed by atoms with E-state index < -0.39 is 5.92 Å². The van der Waals surface area contributed by atoms with Gasteiger partial charge in [0, 0.05) is 48.4 Å². The highest BCUT2D eigenvalue weighted by Gasteiger charge is 2.41. The summed E-state index contributed by atoms with van der Waals surface area (Å²) in [6.45, 7) is 1.84. The maximum atomic E-state index is 12.9. The molecule has 2 aromatic carbocycles. The molecule has 7 heteroatoms. The fourth-order valence-electron chi connectivity index (χ4n) is 4.94. The average Bonchev–Trinajstić information content (AvgIpc) is 2.84. The minimum absolute atomic E-state index is 0.0467. The van der Waals surface area contributed by atoms with Crippen LogP contribution in [-0.2, 0) is 19.1 Å². The van der Waals surface area contributed by atoms with Gasteiger partial charge in [0.05, 0.1) is 4.47 Å². The summed E-state index contributed by atoms with van der Waals surface area (Å²) < 4.78 is 12.5. The van der Waals surface area contributed by atoms with E-state index in [0.717, 1.165) is 24.0 Å². The van der Waals surface area contributed by atoms with E-state index in [2.05, 4.69) is 21.2 Å². The normalized spacial score (nSPS) is 18.1. The molecule has 3 aliphatic rings. The molecule has 5 rings (SSSR count). The first-order valence-electron chi connectivity index (χ1n) is 11.9. The number of carbonyl (C=O) groups excluding carboxylic acids is 3. The van der Waals surface area contributed by atoms with Crippen LogP contribution in [0.15, 0.2) is 69.6 Å². The molecule has 0 radical (unpaired) electrons. The molecule has 6 nitrogen and oxygen atoms in total. The molecular formula is C28H26BrNO5. The SMILES string of the molecule is Cc1ccc(NC(=O)COc2ccc(C3C4=C(CCCC4=O)OC4=C3C(=O)CCC4)cc2Br)cc1. The number of benzene rings is 2. The molecule has 0 bridgehead atoms. The molecule has 1 heterocycles. The van der Waals surface area contributed by atoms with Gasteiger partial charge in [-0.1, -0.05) is 23.8 Å². The van der Waals surface area contributed by atoms with Crippen LogP contribution in [-0.4, -0.2) is 24.1 Å². The van der Waals surface area contributed by atoms with Crippen molar-refractivity contribution in [3.63, 3.8) is 0 Å². The molecule has 0 saturated carbocycles. The van der Waals surface area contributed by atoms with Gasteiger partial charge < -0.3 is 14.8 Å². The smallest absolute Gasteiger partial charge is 0.262 e. The van der Waals surface area contributed by atoms with Gasteiger partial charge in [-0.3, -0.25) is 14.4 Å². The van der Waals surface area contributed by atoms with Crippen LogP contribution >= 0.6 is 15.9 Å². The molecule has 1 N–H and O–H groups in total. The molecule has 0 saturated heterocycles. The van der Waals surface area contributed by atoms with Gasteiger partial charge in [0.25, 0.3) is 5.91 Å². The first-order chi connectivity index (χ1) is 16.9. The molecular weight excluding hydrogens is 510 g/mol. The van der Waals surface area contributed by atoms with Crippen molar-refractivity contribution in [2.75, 3.05) is 11.9 Å². The van der Waals surface area contributed by atoms with E-state index in [1.807, 2.05) is 43.3 Å². The quantitative estimate of drug-likeness (QED) is 0.515. The number of Topliss-reactive ketones (excluding diaryl/α,β-unsaturated/α-hetero) is 2. The topological polar surface area (TPSA) is 81.7 Å². The summed E-state index contributed by atoms with van der Waals surface area (Å²) in [5.41, 5.74) is 3.89. The molecule has 1 amide bonds. The van der Waals surface area contributed by atoms with E-state index in [4.69, 9.17) is 9.47 Å². The van der Waals surface area contributed by atoms with Crippen LogP contribution in [0.25, 0.3) is 0 Å². The monoisotopic (exact) mass is 535 g/mol. The number of allylic oxidation sites excluding steroid dienone is 4. The lowest BCUT2D eigenvalue weighted by molar-refractivity contribution is -0.119. The Morgan fingerprint density at radius 2 is 1.60 bits per heavy atom. The second-order valence-electron chi connectivity index (χ2n) is 9.15. The Kier molecular flexibility index (Phi) is 6.60. The number of amides is 1. The van der Waals surface area contributed by atoms with Crippen LogP contribution < -0.4 is 10.1 Å².